The molecule has 0 aliphatic rings. The third-order valence-corrected chi connectivity index (χ3v) is 4.20. The number of hydrogen-bond donors (Lipinski definition) is 2. The summed E-state index contributed by atoms with van der Waals surface area (Å²) in [4.78, 5) is 29.0. The van der Waals surface area contributed by atoms with Gasteiger partial charge in [-0.25, -0.2) is 0 Å². The third-order valence-electron chi connectivity index (χ3n) is 3.97. The van der Waals surface area contributed by atoms with Crippen LogP contribution < -0.4 is 10.6 Å². The lowest BCUT2D eigenvalue weighted by Gasteiger charge is -2.10. The highest BCUT2D eigenvalue weighted by molar-refractivity contribution is 6.30. The average Bonchev–Trinajstić information content (AvgIpc) is 2.64. The zero-order chi connectivity index (χ0) is 19.4. The Balaban J connectivity index is 1.76. The minimum absolute atomic E-state index is 0.164. The first-order valence-electron chi connectivity index (χ1n) is 8.34. The standard InChI is InChI=1S/C21H18ClN3O2/c1-13-4-3-5-17(10-13)24-21(27)19-12-15(8-9-23-19)20(26)25-18-7-6-16(22)11-14(18)2/h3-12H,1-2H3,(H,24,27)(H,25,26). The number of hydrogen-bond acceptors (Lipinski definition) is 3. The largest absolute Gasteiger partial charge is 0.322 e. The number of anilines is 2. The molecular weight excluding hydrogens is 362 g/mol. The van der Waals surface area contributed by atoms with Gasteiger partial charge in [0.2, 0.25) is 0 Å². The van der Waals surface area contributed by atoms with Gasteiger partial charge in [-0.1, -0.05) is 23.7 Å². The maximum Gasteiger partial charge on any atom is 0.274 e. The molecule has 27 heavy (non-hydrogen) atoms. The summed E-state index contributed by atoms with van der Waals surface area (Å²) < 4.78 is 0. The first kappa shape index (κ1) is 18.6. The molecule has 2 aromatic carbocycles. The van der Waals surface area contributed by atoms with E-state index in [9.17, 15) is 9.59 Å². The molecule has 1 aromatic heterocycles. The Bertz CT molecular complexity index is 1020. The van der Waals surface area contributed by atoms with E-state index in [-0.39, 0.29) is 17.5 Å². The molecule has 0 fully saturated rings. The number of aryl methyl sites for hydroxylation is 2. The minimum Gasteiger partial charge on any atom is -0.322 e. The molecule has 0 radical (unpaired) electrons. The molecule has 0 aliphatic carbocycles. The molecule has 0 unspecified atom stereocenters. The summed E-state index contributed by atoms with van der Waals surface area (Å²) in [6.07, 6.45) is 1.44. The number of nitrogens with zero attached hydrogens (tertiary/aromatic N) is 1. The van der Waals surface area contributed by atoms with Crippen LogP contribution in [-0.4, -0.2) is 16.8 Å². The fourth-order valence-electron chi connectivity index (χ4n) is 2.58. The second-order valence-corrected chi connectivity index (χ2v) is 6.60. The van der Waals surface area contributed by atoms with Gasteiger partial charge >= 0.3 is 0 Å². The summed E-state index contributed by atoms with van der Waals surface area (Å²) in [5.41, 5.74) is 3.72. The quantitative estimate of drug-likeness (QED) is 0.680. The van der Waals surface area contributed by atoms with Gasteiger partial charge in [-0.3, -0.25) is 14.6 Å². The summed E-state index contributed by atoms with van der Waals surface area (Å²) in [6, 6.07) is 15.7. The molecule has 0 bridgehead atoms. The lowest BCUT2D eigenvalue weighted by Crippen LogP contribution is -2.17. The lowest BCUT2D eigenvalue weighted by molar-refractivity contribution is 0.102. The SMILES string of the molecule is Cc1cccc(NC(=O)c2cc(C(=O)Nc3ccc(Cl)cc3C)ccn2)c1. The smallest absolute Gasteiger partial charge is 0.274 e. The van der Waals surface area contributed by atoms with Crippen molar-refractivity contribution in [2.45, 2.75) is 13.8 Å². The van der Waals surface area contributed by atoms with E-state index in [4.69, 9.17) is 11.6 Å². The molecule has 0 saturated carbocycles. The highest BCUT2D eigenvalue weighted by atomic mass is 35.5. The Morgan fingerprint density at radius 3 is 2.48 bits per heavy atom. The van der Waals surface area contributed by atoms with Gasteiger partial charge in [0.05, 0.1) is 0 Å². The van der Waals surface area contributed by atoms with Crippen LogP contribution >= 0.6 is 11.6 Å². The number of carbonyl (C=O) groups excluding carboxylic acids is 2. The number of aromatic nitrogens is 1. The number of halogens is 1. The van der Waals surface area contributed by atoms with Crippen molar-refractivity contribution in [2.75, 3.05) is 10.6 Å². The third kappa shape index (κ3) is 4.71. The molecule has 2 amide bonds. The Hall–Kier alpha value is -3.18. The van der Waals surface area contributed by atoms with Gasteiger partial charge in [-0.05, 0) is 67.4 Å². The normalized spacial score (nSPS) is 10.3. The van der Waals surface area contributed by atoms with Gasteiger partial charge in [0, 0.05) is 28.2 Å². The molecule has 2 N–H and O–H groups in total. The molecule has 3 aromatic rings. The number of amides is 2. The maximum absolute atomic E-state index is 12.5. The number of pyridine rings is 1. The second kappa shape index (κ2) is 8.01. The minimum atomic E-state index is -0.377. The average molecular weight is 380 g/mol. The van der Waals surface area contributed by atoms with Gasteiger partial charge in [-0.2, -0.15) is 0 Å². The van der Waals surface area contributed by atoms with Crippen molar-refractivity contribution in [1.29, 1.82) is 0 Å². The van der Waals surface area contributed by atoms with E-state index in [2.05, 4.69) is 15.6 Å². The predicted molar refractivity (Wildman–Crippen MR) is 108 cm³/mol. The van der Waals surface area contributed by atoms with Crippen molar-refractivity contribution < 1.29 is 9.59 Å². The van der Waals surface area contributed by atoms with E-state index in [0.29, 0.717) is 22.0 Å². The van der Waals surface area contributed by atoms with E-state index < -0.39 is 0 Å². The van der Waals surface area contributed by atoms with Gasteiger partial charge in [0.1, 0.15) is 5.69 Å². The fourth-order valence-corrected chi connectivity index (χ4v) is 2.80. The second-order valence-electron chi connectivity index (χ2n) is 6.17. The van der Waals surface area contributed by atoms with E-state index in [1.54, 1.807) is 30.3 Å². The van der Waals surface area contributed by atoms with Crippen LogP contribution in [0.1, 0.15) is 32.0 Å². The fraction of sp³-hybridized carbons (Fsp3) is 0.0952. The van der Waals surface area contributed by atoms with Crippen molar-refractivity contribution in [1.82, 2.24) is 4.98 Å². The molecule has 5 nitrogen and oxygen atoms in total. The topological polar surface area (TPSA) is 71.1 Å². The van der Waals surface area contributed by atoms with Crippen molar-refractivity contribution in [3.8, 4) is 0 Å². The number of benzene rings is 2. The van der Waals surface area contributed by atoms with Crippen LogP contribution in [0.3, 0.4) is 0 Å². The Kier molecular flexibility index (Phi) is 5.52. The van der Waals surface area contributed by atoms with Crippen molar-refractivity contribution >= 4 is 34.8 Å². The first-order chi connectivity index (χ1) is 12.9. The van der Waals surface area contributed by atoms with Gasteiger partial charge in [0.25, 0.3) is 11.8 Å². The Morgan fingerprint density at radius 2 is 1.74 bits per heavy atom. The molecule has 0 saturated heterocycles. The van der Waals surface area contributed by atoms with Crippen LogP contribution in [0, 0.1) is 13.8 Å². The number of nitrogens with one attached hydrogen (secondary N) is 2. The maximum atomic E-state index is 12.5. The predicted octanol–water partition coefficient (Wildman–Crippen LogP) is 4.86. The van der Waals surface area contributed by atoms with Gasteiger partial charge in [-0.15, -0.1) is 0 Å². The van der Waals surface area contributed by atoms with Gasteiger partial charge in [0.15, 0.2) is 0 Å². The highest BCUT2D eigenvalue weighted by Crippen LogP contribution is 2.20. The molecule has 6 heteroatoms. The molecule has 0 spiro atoms. The van der Waals surface area contributed by atoms with Crippen LogP contribution in [0.25, 0.3) is 0 Å². The van der Waals surface area contributed by atoms with Crippen LogP contribution in [0.4, 0.5) is 11.4 Å². The first-order valence-corrected chi connectivity index (χ1v) is 8.72. The molecule has 3 rings (SSSR count). The van der Waals surface area contributed by atoms with Gasteiger partial charge < -0.3 is 10.6 Å². The van der Waals surface area contributed by atoms with E-state index in [1.807, 2.05) is 32.0 Å². The van der Waals surface area contributed by atoms with E-state index >= 15 is 0 Å². The van der Waals surface area contributed by atoms with Crippen LogP contribution in [0.2, 0.25) is 5.02 Å². The Labute approximate surface area is 162 Å². The zero-order valence-corrected chi connectivity index (χ0v) is 15.7. The molecule has 0 atom stereocenters. The van der Waals surface area contributed by atoms with E-state index in [0.717, 1.165) is 11.1 Å². The van der Waals surface area contributed by atoms with E-state index in [1.165, 1.54) is 12.3 Å². The van der Waals surface area contributed by atoms with Crippen LogP contribution in [-0.2, 0) is 0 Å². The van der Waals surface area contributed by atoms with Crippen molar-refractivity contribution in [3.63, 3.8) is 0 Å². The molecule has 1 heterocycles. The van der Waals surface area contributed by atoms with Crippen molar-refractivity contribution in [2.24, 2.45) is 0 Å². The molecule has 0 aliphatic heterocycles. The zero-order valence-electron chi connectivity index (χ0n) is 14.9. The number of rotatable bonds is 4. The molecular formula is C21H18ClN3O2. The van der Waals surface area contributed by atoms with Crippen molar-refractivity contribution in [3.05, 3.63) is 88.2 Å². The lowest BCUT2D eigenvalue weighted by atomic mass is 10.1. The molecule has 136 valence electrons. The summed E-state index contributed by atoms with van der Waals surface area (Å²) in [5, 5.41) is 6.20. The Morgan fingerprint density at radius 1 is 0.926 bits per heavy atom. The summed E-state index contributed by atoms with van der Waals surface area (Å²) in [7, 11) is 0. The highest BCUT2D eigenvalue weighted by Gasteiger charge is 2.13. The van der Waals surface area contributed by atoms with Crippen LogP contribution in [0.5, 0.6) is 0 Å². The monoisotopic (exact) mass is 379 g/mol. The summed E-state index contributed by atoms with van der Waals surface area (Å²) in [5.74, 6) is -0.703. The summed E-state index contributed by atoms with van der Waals surface area (Å²) in [6.45, 7) is 3.80. The summed E-state index contributed by atoms with van der Waals surface area (Å²) >= 11 is 5.94. The van der Waals surface area contributed by atoms with Crippen LogP contribution in [0.15, 0.2) is 60.8 Å². The number of carbonyl (C=O) groups is 2.